The highest BCUT2D eigenvalue weighted by molar-refractivity contribution is 7.13. The number of nitrogens with zero attached hydrogens (tertiary/aromatic N) is 3. The van der Waals surface area contributed by atoms with Crippen LogP contribution in [0, 0.1) is 0 Å². The van der Waals surface area contributed by atoms with Gasteiger partial charge in [0, 0.05) is 37.4 Å². The summed E-state index contributed by atoms with van der Waals surface area (Å²) in [6.07, 6.45) is 5.34. The van der Waals surface area contributed by atoms with Gasteiger partial charge < -0.3 is 15.0 Å². The summed E-state index contributed by atoms with van der Waals surface area (Å²) in [6.45, 7) is 3.51. The average molecular weight is 313 g/mol. The van der Waals surface area contributed by atoms with E-state index < -0.39 is 0 Å². The van der Waals surface area contributed by atoms with Crippen molar-refractivity contribution >= 4 is 28.9 Å². The Morgan fingerprint density at radius 2 is 2.40 bits per heavy atom. The summed E-state index contributed by atoms with van der Waals surface area (Å²) < 4.78 is 5.81. The average Bonchev–Trinajstić information content (AvgIpc) is 3.01. The van der Waals surface area contributed by atoms with Crippen molar-refractivity contribution in [1.29, 1.82) is 0 Å². The molecule has 0 radical (unpaired) electrons. The molecule has 1 fully saturated rings. The number of piperazine rings is 1. The highest BCUT2D eigenvalue weighted by atomic mass is 35.5. The number of hydrogen-bond acceptors (Lipinski definition) is 6. The molecular weight excluding hydrogens is 296 g/mol. The molecule has 1 saturated heterocycles. The summed E-state index contributed by atoms with van der Waals surface area (Å²) in [5.74, 6) is 0.812. The van der Waals surface area contributed by atoms with Crippen LogP contribution in [0.15, 0.2) is 36.1 Å². The lowest BCUT2D eigenvalue weighted by Gasteiger charge is -2.35. The van der Waals surface area contributed by atoms with E-state index in [0.717, 1.165) is 30.5 Å². The van der Waals surface area contributed by atoms with E-state index in [1.54, 1.807) is 23.7 Å². The van der Waals surface area contributed by atoms with Gasteiger partial charge in [-0.25, -0.2) is 4.98 Å². The summed E-state index contributed by atoms with van der Waals surface area (Å²) in [6, 6.07) is 4.12. The monoisotopic (exact) mass is 312 g/mol. The molecular formula is C13H17ClN4OS. The van der Waals surface area contributed by atoms with Gasteiger partial charge in [0.25, 0.3) is 0 Å². The van der Waals surface area contributed by atoms with Crippen LogP contribution in [-0.2, 0) is 0 Å². The molecule has 0 spiro atoms. The number of pyridine rings is 1. The Morgan fingerprint density at radius 1 is 1.45 bits per heavy atom. The second-order valence-corrected chi connectivity index (χ2v) is 5.24. The second kappa shape index (κ2) is 7.42. The number of thiazole rings is 1. The molecule has 0 bridgehead atoms. The Kier molecular flexibility index (Phi) is 5.58. The topological polar surface area (TPSA) is 50.3 Å². The van der Waals surface area contributed by atoms with E-state index in [-0.39, 0.29) is 12.4 Å². The summed E-state index contributed by atoms with van der Waals surface area (Å²) in [5.41, 5.74) is 0. The molecule has 1 aliphatic rings. The maximum absolute atomic E-state index is 5.81. The van der Waals surface area contributed by atoms with Gasteiger partial charge in [-0.3, -0.25) is 4.98 Å². The van der Waals surface area contributed by atoms with Crippen LogP contribution in [-0.4, -0.2) is 42.3 Å². The van der Waals surface area contributed by atoms with Gasteiger partial charge in [0.05, 0.1) is 12.2 Å². The molecule has 5 nitrogen and oxygen atoms in total. The summed E-state index contributed by atoms with van der Waals surface area (Å²) in [4.78, 5) is 10.8. The van der Waals surface area contributed by atoms with Crippen molar-refractivity contribution in [2.75, 3.05) is 31.1 Å². The zero-order valence-corrected chi connectivity index (χ0v) is 12.6. The Hall–Kier alpha value is -1.37. The van der Waals surface area contributed by atoms with Gasteiger partial charge >= 0.3 is 0 Å². The Bertz CT molecular complexity index is 496. The number of hydrogen-bond donors (Lipinski definition) is 1. The fraction of sp³-hybridized carbons (Fsp3) is 0.385. The van der Waals surface area contributed by atoms with Crippen molar-refractivity contribution in [3.8, 4) is 5.75 Å². The number of aromatic nitrogens is 2. The van der Waals surface area contributed by atoms with E-state index in [0.29, 0.717) is 12.6 Å². The van der Waals surface area contributed by atoms with Gasteiger partial charge in [-0.1, -0.05) is 0 Å². The minimum atomic E-state index is 0. The number of ether oxygens (including phenoxy) is 1. The Labute approximate surface area is 128 Å². The highest BCUT2D eigenvalue weighted by Crippen LogP contribution is 2.21. The van der Waals surface area contributed by atoms with Crippen molar-refractivity contribution in [1.82, 2.24) is 15.3 Å². The molecule has 108 valence electrons. The maximum Gasteiger partial charge on any atom is 0.185 e. The van der Waals surface area contributed by atoms with Crippen molar-refractivity contribution in [3.63, 3.8) is 0 Å². The van der Waals surface area contributed by atoms with E-state index in [1.807, 2.05) is 23.7 Å². The molecule has 0 amide bonds. The van der Waals surface area contributed by atoms with Gasteiger partial charge in [-0.05, 0) is 12.1 Å². The van der Waals surface area contributed by atoms with Crippen LogP contribution in [0.5, 0.6) is 5.75 Å². The van der Waals surface area contributed by atoms with E-state index >= 15 is 0 Å². The normalized spacial score (nSPS) is 18.4. The highest BCUT2D eigenvalue weighted by Gasteiger charge is 2.24. The quantitative estimate of drug-likeness (QED) is 0.933. The van der Waals surface area contributed by atoms with Crippen LogP contribution >= 0.6 is 23.7 Å². The molecule has 2 aromatic rings. The van der Waals surface area contributed by atoms with E-state index in [4.69, 9.17) is 4.74 Å². The fourth-order valence-electron chi connectivity index (χ4n) is 2.14. The first-order chi connectivity index (χ1) is 9.43. The molecule has 2 aromatic heterocycles. The van der Waals surface area contributed by atoms with Gasteiger partial charge in [0.1, 0.15) is 12.4 Å². The zero-order valence-electron chi connectivity index (χ0n) is 10.9. The lowest BCUT2D eigenvalue weighted by Crippen LogP contribution is -2.54. The standard InChI is InChI=1S/C13H16N4OS.ClH/c1-2-12(9-14-3-1)18-10-11-8-15-4-6-17(11)13-16-5-7-19-13;/h1-3,5,7,9,11,15H,4,6,8,10H2;1H. The van der Waals surface area contributed by atoms with E-state index in [9.17, 15) is 0 Å². The van der Waals surface area contributed by atoms with Gasteiger partial charge in [-0.15, -0.1) is 23.7 Å². The number of nitrogens with one attached hydrogen (secondary N) is 1. The van der Waals surface area contributed by atoms with Crippen molar-refractivity contribution < 1.29 is 4.74 Å². The fourth-order valence-corrected chi connectivity index (χ4v) is 2.89. The third-order valence-electron chi connectivity index (χ3n) is 3.09. The third-order valence-corrected chi connectivity index (χ3v) is 3.90. The SMILES string of the molecule is Cl.c1cncc(OCC2CNCCN2c2nccs2)c1. The smallest absolute Gasteiger partial charge is 0.185 e. The molecule has 1 N–H and O–H groups in total. The first-order valence-corrected chi connectivity index (χ1v) is 7.21. The Morgan fingerprint density at radius 3 is 3.15 bits per heavy atom. The minimum Gasteiger partial charge on any atom is -0.490 e. The van der Waals surface area contributed by atoms with Crippen LogP contribution in [0.25, 0.3) is 0 Å². The Balaban J connectivity index is 0.00000147. The first kappa shape index (κ1) is 15.0. The van der Waals surface area contributed by atoms with E-state index in [2.05, 4.69) is 20.2 Å². The molecule has 20 heavy (non-hydrogen) atoms. The molecule has 0 aromatic carbocycles. The predicted molar refractivity (Wildman–Crippen MR) is 83.1 cm³/mol. The van der Waals surface area contributed by atoms with Gasteiger partial charge in [0.2, 0.25) is 0 Å². The molecule has 1 aliphatic heterocycles. The maximum atomic E-state index is 5.81. The summed E-state index contributed by atoms with van der Waals surface area (Å²) in [5, 5.41) is 6.48. The summed E-state index contributed by atoms with van der Waals surface area (Å²) in [7, 11) is 0. The van der Waals surface area contributed by atoms with Crippen molar-refractivity contribution in [2.45, 2.75) is 6.04 Å². The molecule has 0 saturated carbocycles. The molecule has 0 aliphatic carbocycles. The third kappa shape index (κ3) is 3.59. The first-order valence-electron chi connectivity index (χ1n) is 6.33. The second-order valence-electron chi connectivity index (χ2n) is 4.37. The lowest BCUT2D eigenvalue weighted by molar-refractivity contribution is 0.266. The molecule has 3 heterocycles. The number of anilines is 1. The molecule has 1 unspecified atom stereocenters. The lowest BCUT2D eigenvalue weighted by atomic mass is 10.2. The van der Waals surface area contributed by atoms with Crippen LogP contribution in [0.1, 0.15) is 0 Å². The van der Waals surface area contributed by atoms with Crippen LogP contribution in [0.4, 0.5) is 5.13 Å². The van der Waals surface area contributed by atoms with Crippen molar-refractivity contribution in [2.24, 2.45) is 0 Å². The largest absolute Gasteiger partial charge is 0.490 e. The molecule has 1 atom stereocenters. The van der Waals surface area contributed by atoms with Gasteiger partial charge in [0.15, 0.2) is 5.13 Å². The van der Waals surface area contributed by atoms with Crippen LogP contribution in [0.3, 0.4) is 0 Å². The van der Waals surface area contributed by atoms with Gasteiger partial charge in [-0.2, -0.15) is 0 Å². The summed E-state index contributed by atoms with van der Waals surface area (Å²) >= 11 is 1.67. The number of rotatable bonds is 4. The molecule has 3 rings (SSSR count). The number of halogens is 1. The van der Waals surface area contributed by atoms with E-state index in [1.165, 1.54) is 0 Å². The minimum absolute atomic E-state index is 0. The van der Waals surface area contributed by atoms with Crippen LogP contribution in [0.2, 0.25) is 0 Å². The molecule has 7 heteroatoms. The van der Waals surface area contributed by atoms with Crippen LogP contribution < -0.4 is 15.0 Å². The predicted octanol–water partition coefficient (Wildman–Crippen LogP) is 1.82. The van der Waals surface area contributed by atoms with Crippen molar-refractivity contribution in [3.05, 3.63) is 36.1 Å². The zero-order chi connectivity index (χ0) is 12.9.